The molecular weight excluding hydrogens is 212 g/mol. The monoisotopic (exact) mass is 228 g/mol. The number of rotatable bonds is 2. The summed E-state index contributed by atoms with van der Waals surface area (Å²) < 4.78 is 2.15. The highest BCUT2D eigenvalue weighted by molar-refractivity contribution is 5.85. The number of imidazole rings is 1. The number of aliphatic imine (C=N–C) groups is 1. The van der Waals surface area contributed by atoms with Crippen LogP contribution >= 0.6 is 0 Å². The molecule has 2 aromatic rings. The molecule has 1 aromatic carbocycles. The Morgan fingerprint density at radius 3 is 2.88 bits per heavy atom. The Balaban J connectivity index is 2.02. The van der Waals surface area contributed by atoms with Crippen molar-refractivity contribution in [1.82, 2.24) is 14.9 Å². The van der Waals surface area contributed by atoms with E-state index in [4.69, 9.17) is 0 Å². The first-order valence-electron chi connectivity index (χ1n) is 5.93. The molecule has 0 saturated heterocycles. The minimum atomic E-state index is 0.791. The van der Waals surface area contributed by atoms with Crippen molar-refractivity contribution >= 4 is 16.9 Å². The largest absolute Gasteiger partial charge is 0.370 e. The Kier molecular flexibility index (Phi) is 2.35. The molecule has 3 rings (SSSR count). The van der Waals surface area contributed by atoms with Gasteiger partial charge in [-0.15, -0.1) is 0 Å². The third kappa shape index (κ3) is 1.79. The van der Waals surface area contributed by atoms with Gasteiger partial charge in [-0.1, -0.05) is 0 Å². The van der Waals surface area contributed by atoms with E-state index in [9.17, 15) is 0 Å². The van der Waals surface area contributed by atoms with Gasteiger partial charge in [0.05, 0.1) is 30.5 Å². The highest BCUT2D eigenvalue weighted by atomic mass is 15.1. The third-order valence-electron chi connectivity index (χ3n) is 3.30. The number of fused-ring (bicyclic) bond motifs is 1. The van der Waals surface area contributed by atoms with Gasteiger partial charge in [-0.3, -0.25) is 4.99 Å². The summed E-state index contributed by atoms with van der Waals surface area (Å²) in [6, 6.07) is 4.35. The fraction of sp³-hybridized carbons (Fsp3) is 0.385. The van der Waals surface area contributed by atoms with Crippen molar-refractivity contribution in [1.29, 1.82) is 0 Å². The van der Waals surface area contributed by atoms with Crippen molar-refractivity contribution in [2.45, 2.75) is 20.4 Å². The quantitative estimate of drug-likeness (QED) is 0.849. The summed E-state index contributed by atoms with van der Waals surface area (Å²) in [5, 5.41) is 3.29. The summed E-state index contributed by atoms with van der Waals surface area (Å²) in [5.41, 5.74) is 4.84. The molecule has 0 bridgehead atoms. The molecule has 1 aliphatic rings. The minimum absolute atomic E-state index is 0.791. The predicted molar refractivity (Wildman–Crippen MR) is 69.5 cm³/mol. The third-order valence-corrected chi connectivity index (χ3v) is 3.30. The van der Waals surface area contributed by atoms with E-state index in [2.05, 4.69) is 45.8 Å². The van der Waals surface area contributed by atoms with Gasteiger partial charge in [0.1, 0.15) is 5.84 Å². The predicted octanol–water partition coefficient (Wildman–Crippen LogP) is 1.65. The smallest absolute Gasteiger partial charge is 0.117 e. The molecule has 17 heavy (non-hydrogen) atoms. The van der Waals surface area contributed by atoms with Gasteiger partial charge in [0, 0.05) is 6.54 Å². The van der Waals surface area contributed by atoms with Gasteiger partial charge in [-0.2, -0.15) is 0 Å². The van der Waals surface area contributed by atoms with Crippen molar-refractivity contribution in [3.63, 3.8) is 0 Å². The number of hydrogen-bond acceptors (Lipinski definition) is 3. The van der Waals surface area contributed by atoms with E-state index < -0.39 is 0 Å². The van der Waals surface area contributed by atoms with Gasteiger partial charge < -0.3 is 9.88 Å². The van der Waals surface area contributed by atoms with E-state index in [0.717, 1.165) is 31.0 Å². The molecule has 1 N–H and O–H groups in total. The molecule has 88 valence electrons. The number of hydrogen-bond donors (Lipinski definition) is 1. The zero-order valence-corrected chi connectivity index (χ0v) is 10.2. The van der Waals surface area contributed by atoms with Crippen LogP contribution in [0, 0.1) is 13.8 Å². The van der Waals surface area contributed by atoms with Crippen molar-refractivity contribution in [3.05, 3.63) is 29.6 Å². The Hall–Kier alpha value is -1.84. The average molecular weight is 228 g/mol. The van der Waals surface area contributed by atoms with Gasteiger partial charge in [0.15, 0.2) is 0 Å². The Morgan fingerprint density at radius 1 is 1.29 bits per heavy atom. The lowest BCUT2D eigenvalue weighted by Crippen LogP contribution is -2.23. The van der Waals surface area contributed by atoms with Crippen LogP contribution in [0.4, 0.5) is 0 Å². The second-order valence-electron chi connectivity index (χ2n) is 4.55. The number of nitrogens with one attached hydrogen (secondary N) is 1. The van der Waals surface area contributed by atoms with Crippen LogP contribution in [0.15, 0.2) is 23.5 Å². The average Bonchev–Trinajstić information content (AvgIpc) is 2.92. The van der Waals surface area contributed by atoms with Crippen LogP contribution < -0.4 is 5.32 Å². The van der Waals surface area contributed by atoms with E-state index in [1.165, 1.54) is 16.6 Å². The molecule has 0 aliphatic carbocycles. The van der Waals surface area contributed by atoms with Crippen LogP contribution in [0.3, 0.4) is 0 Å². The summed E-state index contributed by atoms with van der Waals surface area (Å²) >= 11 is 0. The zero-order valence-electron chi connectivity index (χ0n) is 10.2. The summed E-state index contributed by atoms with van der Waals surface area (Å²) in [6.45, 7) is 6.90. The van der Waals surface area contributed by atoms with E-state index in [-0.39, 0.29) is 0 Å². The SMILES string of the molecule is Cc1cc2ncn(CC3=NCCN3)c2cc1C. The first-order chi connectivity index (χ1) is 8.24. The van der Waals surface area contributed by atoms with Crippen molar-refractivity contribution < 1.29 is 0 Å². The number of aryl methyl sites for hydroxylation is 2. The lowest BCUT2D eigenvalue weighted by atomic mass is 10.1. The number of benzene rings is 1. The lowest BCUT2D eigenvalue weighted by molar-refractivity contribution is 0.851. The zero-order chi connectivity index (χ0) is 11.8. The fourth-order valence-electron chi connectivity index (χ4n) is 2.15. The molecule has 4 nitrogen and oxygen atoms in total. The fourth-order valence-corrected chi connectivity index (χ4v) is 2.15. The molecule has 0 amide bonds. The summed E-state index contributed by atoms with van der Waals surface area (Å²) in [5.74, 6) is 1.06. The molecule has 0 saturated carbocycles. The van der Waals surface area contributed by atoms with E-state index in [1.54, 1.807) is 0 Å². The molecular formula is C13H16N4. The van der Waals surface area contributed by atoms with E-state index in [1.807, 2.05) is 6.33 Å². The van der Waals surface area contributed by atoms with E-state index >= 15 is 0 Å². The van der Waals surface area contributed by atoms with Crippen LogP contribution in [0.5, 0.6) is 0 Å². The maximum absolute atomic E-state index is 4.44. The standard InChI is InChI=1S/C13H16N4/c1-9-5-11-12(6-10(9)2)17(8-16-11)7-13-14-3-4-15-13/h5-6,8H,3-4,7H2,1-2H3,(H,14,15). The molecule has 0 atom stereocenters. The Morgan fingerprint density at radius 2 is 2.12 bits per heavy atom. The van der Waals surface area contributed by atoms with Crippen LogP contribution in [0.1, 0.15) is 11.1 Å². The van der Waals surface area contributed by atoms with Crippen LogP contribution in [-0.4, -0.2) is 28.5 Å². The van der Waals surface area contributed by atoms with Crippen molar-refractivity contribution in [2.75, 3.05) is 13.1 Å². The van der Waals surface area contributed by atoms with Crippen molar-refractivity contribution in [2.24, 2.45) is 4.99 Å². The first-order valence-corrected chi connectivity index (χ1v) is 5.93. The molecule has 0 radical (unpaired) electrons. The second kappa shape index (κ2) is 3.87. The maximum Gasteiger partial charge on any atom is 0.117 e. The molecule has 4 heteroatoms. The van der Waals surface area contributed by atoms with Crippen LogP contribution in [-0.2, 0) is 6.54 Å². The highest BCUT2D eigenvalue weighted by Gasteiger charge is 2.09. The molecule has 1 aromatic heterocycles. The summed E-state index contributed by atoms with van der Waals surface area (Å²) in [6.07, 6.45) is 1.89. The van der Waals surface area contributed by atoms with Crippen LogP contribution in [0.2, 0.25) is 0 Å². The molecule has 0 fully saturated rings. The second-order valence-corrected chi connectivity index (χ2v) is 4.55. The maximum atomic E-state index is 4.44. The minimum Gasteiger partial charge on any atom is -0.370 e. The van der Waals surface area contributed by atoms with Gasteiger partial charge >= 0.3 is 0 Å². The number of nitrogens with zero attached hydrogens (tertiary/aromatic N) is 3. The van der Waals surface area contributed by atoms with Gasteiger partial charge in [-0.05, 0) is 37.1 Å². The number of aromatic nitrogens is 2. The lowest BCUT2D eigenvalue weighted by Gasteiger charge is -2.06. The van der Waals surface area contributed by atoms with Gasteiger partial charge in [0.25, 0.3) is 0 Å². The van der Waals surface area contributed by atoms with Gasteiger partial charge in [-0.25, -0.2) is 4.98 Å². The summed E-state index contributed by atoms with van der Waals surface area (Å²) in [7, 11) is 0. The molecule has 0 unspecified atom stereocenters. The van der Waals surface area contributed by atoms with Gasteiger partial charge in [0.2, 0.25) is 0 Å². The molecule has 0 spiro atoms. The van der Waals surface area contributed by atoms with E-state index in [0.29, 0.717) is 0 Å². The topological polar surface area (TPSA) is 42.2 Å². The Labute approximate surface area is 100 Å². The first kappa shape index (κ1) is 10.3. The Bertz CT molecular complexity index is 595. The van der Waals surface area contributed by atoms with Crippen LogP contribution in [0.25, 0.3) is 11.0 Å². The normalized spacial score (nSPS) is 15.1. The molecule has 1 aliphatic heterocycles. The summed E-state index contributed by atoms with van der Waals surface area (Å²) in [4.78, 5) is 8.86. The van der Waals surface area contributed by atoms with Crippen molar-refractivity contribution in [3.8, 4) is 0 Å². The highest BCUT2D eigenvalue weighted by Crippen LogP contribution is 2.18. The number of amidine groups is 1. The molecule has 2 heterocycles.